The summed E-state index contributed by atoms with van der Waals surface area (Å²) >= 11 is 6.38. The van der Waals surface area contributed by atoms with Gasteiger partial charge in [0.25, 0.3) is 10.0 Å². The van der Waals surface area contributed by atoms with Crippen molar-refractivity contribution in [3.05, 3.63) is 88.9 Å². The van der Waals surface area contributed by atoms with E-state index in [9.17, 15) is 13.7 Å². The first-order chi connectivity index (χ1) is 13.9. The zero-order valence-corrected chi connectivity index (χ0v) is 17.2. The molecule has 3 rings (SSSR count). The number of hydrogen-bond acceptors (Lipinski definition) is 4. The summed E-state index contributed by atoms with van der Waals surface area (Å²) in [5, 5.41) is 9.90. The molecule has 0 aliphatic heterocycles. The van der Waals surface area contributed by atoms with Crippen LogP contribution >= 0.6 is 11.6 Å². The van der Waals surface area contributed by atoms with Crippen LogP contribution in [0.25, 0.3) is 0 Å². The minimum atomic E-state index is -3.78. The maximum Gasteiger partial charge on any atom is 0.261 e. The van der Waals surface area contributed by atoms with Gasteiger partial charge in [-0.3, -0.25) is 4.72 Å². The average molecular weight is 427 g/mol. The highest BCUT2D eigenvalue weighted by molar-refractivity contribution is 7.92. The van der Waals surface area contributed by atoms with Gasteiger partial charge in [-0.1, -0.05) is 48.0 Å². The number of anilines is 1. The molecule has 0 bridgehead atoms. The number of ether oxygens (including phenoxy) is 1. The van der Waals surface area contributed by atoms with Gasteiger partial charge in [0, 0.05) is 5.02 Å². The van der Waals surface area contributed by atoms with E-state index in [1.807, 2.05) is 37.3 Å². The molecular formula is C22H19ClN2O3S. The van der Waals surface area contributed by atoms with Crippen molar-refractivity contribution in [2.75, 3.05) is 11.3 Å². The molecule has 0 spiro atoms. The number of nitrogens with one attached hydrogen (secondary N) is 1. The largest absolute Gasteiger partial charge is 0.494 e. The Hall–Kier alpha value is -3.01. The van der Waals surface area contributed by atoms with Crippen molar-refractivity contribution in [1.29, 1.82) is 5.26 Å². The Balaban J connectivity index is 1.84. The minimum Gasteiger partial charge on any atom is -0.494 e. The van der Waals surface area contributed by atoms with Gasteiger partial charge in [-0.15, -0.1) is 0 Å². The van der Waals surface area contributed by atoms with E-state index >= 15 is 0 Å². The van der Waals surface area contributed by atoms with Crippen LogP contribution in [0.1, 0.15) is 24.0 Å². The first-order valence-electron chi connectivity index (χ1n) is 8.94. The lowest BCUT2D eigenvalue weighted by atomic mass is 9.92. The standard InChI is InChI=1S/C22H19ClN2O3S/c1-2-28-18-9-11-19(12-10-18)29(26,27)25-17-8-13-20(22(23)14-17)21(15-24)16-6-4-3-5-7-16/h3-14,21,25H,2H2,1H3. The maximum atomic E-state index is 12.6. The molecule has 7 heteroatoms. The lowest BCUT2D eigenvalue weighted by Crippen LogP contribution is -2.13. The number of sulfonamides is 1. The molecule has 1 N–H and O–H groups in total. The van der Waals surface area contributed by atoms with Gasteiger partial charge in [0.05, 0.1) is 29.2 Å². The van der Waals surface area contributed by atoms with E-state index < -0.39 is 15.9 Å². The quantitative estimate of drug-likeness (QED) is 0.563. The molecule has 0 aromatic heterocycles. The highest BCUT2D eigenvalue weighted by Gasteiger charge is 2.19. The molecule has 0 amide bonds. The van der Waals surface area contributed by atoms with Crippen molar-refractivity contribution in [2.24, 2.45) is 0 Å². The van der Waals surface area contributed by atoms with Crippen LogP contribution in [0.5, 0.6) is 5.75 Å². The van der Waals surface area contributed by atoms with Crippen LogP contribution in [0.15, 0.2) is 77.7 Å². The molecule has 0 aliphatic rings. The molecule has 3 aromatic rings. The fraction of sp³-hybridized carbons (Fsp3) is 0.136. The smallest absolute Gasteiger partial charge is 0.261 e. The molecule has 0 heterocycles. The Kier molecular flexibility index (Phi) is 6.42. The molecule has 0 saturated carbocycles. The Bertz CT molecular complexity index is 1120. The molecule has 5 nitrogen and oxygen atoms in total. The van der Waals surface area contributed by atoms with Crippen molar-refractivity contribution < 1.29 is 13.2 Å². The predicted octanol–water partition coefficient (Wildman–Crippen LogP) is 5.19. The van der Waals surface area contributed by atoms with E-state index in [0.29, 0.717) is 28.6 Å². The zero-order valence-electron chi connectivity index (χ0n) is 15.7. The third-order valence-electron chi connectivity index (χ3n) is 4.27. The number of halogens is 1. The zero-order chi connectivity index (χ0) is 20.9. The van der Waals surface area contributed by atoms with Gasteiger partial charge in [0.15, 0.2) is 0 Å². The van der Waals surface area contributed by atoms with Crippen molar-refractivity contribution in [3.63, 3.8) is 0 Å². The third kappa shape index (κ3) is 4.89. The number of hydrogen-bond donors (Lipinski definition) is 1. The van der Waals surface area contributed by atoms with Crippen LogP contribution in [0.4, 0.5) is 5.69 Å². The van der Waals surface area contributed by atoms with Gasteiger partial charge in [0.1, 0.15) is 5.75 Å². The van der Waals surface area contributed by atoms with Gasteiger partial charge in [0.2, 0.25) is 0 Å². The van der Waals surface area contributed by atoms with Crippen LogP contribution in [0.2, 0.25) is 5.02 Å². The summed E-state index contributed by atoms with van der Waals surface area (Å²) in [6.45, 7) is 2.36. The molecule has 0 fully saturated rings. The van der Waals surface area contributed by atoms with Gasteiger partial charge in [-0.05, 0) is 54.4 Å². The number of benzene rings is 3. The summed E-state index contributed by atoms with van der Waals surface area (Å²) in [5.74, 6) is 0.0581. The normalized spacial score (nSPS) is 12.0. The fourth-order valence-corrected chi connectivity index (χ4v) is 4.23. The number of nitriles is 1. The van der Waals surface area contributed by atoms with Crippen LogP contribution in [0, 0.1) is 11.3 Å². The van der Waals surface area contributed by atoms with E-state index in [-0.39, 0.29) is 4.90 Å². The molecule has 0 aliphatic carbocycles. The average Bonchev–Trinajstić information content (AvgIpc) is 2.71. The first kappa shape index (κ1) is 20.7. The van der Waals surface area contributed by atoms with E-state index in [0.717, 1.165) is 5.56 Å². The SMILES string of the molecule is CCOc1ccc(S(=O)(=O)Nc2ccc(C(C#N)c3ccccc3)c(Cl)c2)cc1. The summed E-state index contributed by atoms with van der Waals surface area (Å²) in [4.78, 5) is 0.111. The maximum absolute atomic E-state index is 12.6. The third-order valence-corrected chi connectivity index (χ3v) is 6.00. The summed E-state index contributed by atoms with van der Waals surface area (Å²) in [6.07, 6.45) is 0. The van der Waals surface area contributed by atoms with E-state index in [2.05, 4.69) is 10.8 Å². The number of rotatable bonds is 7. The van der Waals surface area contributed by atoms with E-state index in [4.69, 9.17) is 16.3 Å². The Morgan fingerprint density at radius 2 is 1.76 bits per heavy atom. The van der Waals surface area contributed by atoms with Crippen molar-refractivity contribution in [3.8, 4) is 11.8 Å². The topological polar surface area (TPSA) is 79.2 Å². The summed E-state index contributed by atoms with van der Waals surface area (Å²) in [6, 6.07) is 22.5. The molecule has 148 valence electrons. The van der Waals surface area contributed by atoms with Crippen molar-refractivity contribution in [2.45, 2.75) is 17.7 Å². The highest BCUT2D eigenvalue weighted by Crippen LogP contribution is 2.32. The molecule has 1 unspecified atom stereocenters. The van der Waals surface area contributed by atoms with Gasteiger partial charge < -0.3 is 4.74 Å². The Labute approximate surface area is 175 Å². The van der Waals surface area contributed by atoms with Crippen LogP contribution in [0.3, 0.4) is 0 Å². The summed E-state index contributed by atoms with van der Waals surface area (Å²) < 4.78 is 33.1. The summed E-state index contributed by atoms with van der Waals surface area (Å²) in [7, 11) is -3.78. The van der Waals surface area contributed by atoms with Crippen molar-refractivity contribution >= 4 is 27.3 Å². The second kappa shape index (κ2) is 8.99. The van der Waals surface area contributed by atoms with Crippen LogP contribution < -0.4 is 9.46 Å². The second-order valence-corrected chi connectivity index (χ2v) is 8.31. The predicted molar refractivity (Wildman–Crippen MR) is 114 cm³/mol. The molecule has 0 radical (unpaired) electrons. The highest BCUT2D eigenvalue weighted by atomic mass is 35.5. The molecule has 3 aromatic carbocycles. The second-order valence-electron chi connectivity index (χ2n) is 6.22. The minimum absolute atomic E-state index is 0.111. The van der Waals surface area contributed by atoms with E-state index in [1.165, 1.54) is 18.2 Å². The van der Waals surface area contributed by atoms with E-state index in [1.54, 1.807) is 24.3 Å². The first-order valence-corrected chi connectivity index (χ1v) is 10.8. The van der Waals surface area contributed by atoms with Gasteiger partial charge >= 0.3 is 0 Å². The lowest BCUT2D eigenvalue weighted by molar-refractivity contribution is 0.340. The molecular weight excluding hydrogens is 408 g/mol. The van der Waals surface area contributed by atoms with Gasteiger partial charge in [-0.25, -0.2) is 8.42 Å². The van der Waals surface area contributed by atoms with Crippen molar-refractivity contribution in [1.82, 2.24) is 0 Å². The van der Waals surface area contributed by atoms with Crippen LogP contribution in [-0.2, 0) is 10.0 Å². The van der Waals surface area contributed by atoms with Crippen LogP contribution in [-0.4, -0.2) is 15.0 Å². The molecule has 1 atom stereocenters. The molecule has 0 saturated heterocycles. The number of nitrogens with zero attached hydrogens (tertiary/aromatic N) is 1. The lowest BCUT2D eigenvalue weighted by Gasteiger charge is -2.14. The Morgan fingerprint density at radius 1 is 1.07 bits per heavy atom. The monoisotopic (exact) mass is 426 g/mol. The Morgan fingerprint density at radius 3 is 2.34 bits per heavy atom. The van der Waals surface area contributed by atoms with Gasteiger partial charge in [-0.2, -0.15) is 5.26 Å². The molecule has 29 heavy (non-hydrogen) atoms. The summed E-state index contributed by atoms with van der Waals surface area (Å²) in [5.41, 5.74) is 1.75. The fourth-order valence-electron chi connectivity index (χ4n) is 2.89.